The Morgan fingerprint density at radius 1 is 1.21 bits per heavy atom. The van der Waals surface area contributed by atoms with Crippen molar-refractivity contribution in [3.05, 3.63) is 51.7 Å². The molecular weight excluding hydrogens is 372 g/mol. The van der Waals surface area contributed by atoms with E-state index in [1.54, 1.807) is 14.2 Å². The number of carbonyl (C=O) groups is 1. The Kier molecular flexibility index (Phi) is 6.10. The van der Waals surface area contributed by atoms with Crippen molar-refractivity contribution < 1.29 is 19.0 Å². The number of hydrogen-bond acceptors (Lipinski definition) is 4. The highest BCUT2D eigenvalue weighted by molar-refractivity contribution is 9.10. The molecule has 0 spiro atoms. The van der Waals surface area contributed by atoms with Crippen molar-refractivity contribution in [2.24, 2.45) is 5.41 Å². The van der Waals surface area contributed by atoms with E-state index < -0.39 is 5.41 Å². The van der Waals surface area contributed by atoms with Gasteiger partial charge >= 0.3 is 5.97 Å². The van der Waals surface area contributed by atoms with Gasteiger partial charge in [0.1, 0.15) is 5.75 Å². The van der Waals surface area contributed by atoms with Crippen LogP contribution in [0, 0.1) is 5.41 Å². The van der Waals surface area contributed by atoms with Crippen molar-refractivity contribution in [1.29, 1.82) is 0 Å². The molecule has 0 saturated heterocycles. The number of ether oxygens (including phenoxy) is 3. The molecule has 4 nitrogen and oxygen atoms in total. The lowest BCUT2D eigenvalue weighted by Crippen LogP contribution is -2.36. The lowest BCUT2D eigenvalue weighted by Gasteiger charge is -2.34. The topological polar surface area (TPSA) is 44.8 Å². The number of carbonyl (C=O) groups excluding carboxylic acids is 1. The summed E-state index contributed by atoms with van der Waals surface area (Å²) in [5, 5.41) is 0. The Hall–Kier alpha value is -1.75. The van der Waals surface area contributed by atoms with E-state index in [-0.39, 0.29) is 5.97 Å². The van der Waals surface area contributed by atoms with Crippen LogP contribution in [0.1, 0.15) is 25.3 Å². The van der Waals surface area contributed by atoms with Crippen LogP contribution in [0.2, 0.25) is 0 Å². The summed E-state index contributed by atoms with van der Waals surface area (Å²) in [7, 11) is 4.71. The maximum absolute atomic E-state index is 12.6. The van der Waals surface area contributed by atoms with Gasteiger partial charge in [-0.1, -0.05) is 27.6 Å². The Labute approximate surface area is 151 Å². The van der Waals surface area contributed by atoms with Gasteiger partial charge in [0.05, 0.1) is 32.5 Å². The molecule has 0 aliphatic heterocycles. The molecule has 2 rings (SSSR count). The van der Waals surface area contributed by atoms with Crippen molar-refractivity contribution in [1.82, 2.24) is 0 Å². The standard InChI is InChI=1S/C19H23BrO4/c1-13-5-6-16(23-3)12-19(13,18(21)24-4)10-9-14-11-15(22-2)7-8-17(14)20/h5-8,11H,9-10,12H2,1-4H3. The van der Waals surface area contributed by atoms with Crippen molar-refractivity contribution >= 4 is 21.9 Å². The lowest BCUT2D eigenvalue weighted by atomic mass is 9.71. The number of hydrogen-bond donors (Lipinski definition) is 0. The molecule has 24 heavy (non-hydrogen) atoms. The number of aryl methyl sites for hydroxylation is 1. The van der Waals surface area contributed by atoms with Crippen LogP contribution in [-0.2, 0) is 20.7 Å². The van der Waals surface area contributed by atoms with Gasteiger partial charge in [-0.15, -0.1) is 0 Å². The van der Waals surface area contributed by atoms with Gasteiger partial charge in [-0.25, -0.2) is 0 Å². The highest BCUT2D eigenvalue weighted by Gasteiger charge is 2.43. The summed E-state index contributed by atoms with van der Waals surface area (Å²) in [5.41, 5.74) is 1.39. The monoisotopic (exact) mass is 394 g/mol. The number of esters is 1. The Balaban J connectivity index is 2.30. The first-order valence-electron chi connectivity index (χ1n) is 7.79. The minimum atomic E-state index is -0.697. The van der Waals surface area contributed by atoms with E-state index in [1.807, 2.05) is 37.3 Å². The summed E-state index contributed by atoms with van der Waals surface area (Å²) in [4.78, 5) is 12.6. The van der Waals surface area contributed by atoms with E-state index >= 15 is 0 Å². The second kappa shape index (κ2) is 7.88. The minimum absolute atomic E-state index is 0.224. The third-order valence-corrected chi connectivity index (χ3v) is 5.44. The third kappa shape index (κ3) is 3.66. The van der Waals surface area contributed by atoms with Crippen LogP contribution in [0.4, 0.5) is 0 Å². The molecule has 1 aliphatic rings. The smallest absolute Gasteiger partial charge is 0.316 e. The second-order valence-corrected chi connectivity index (χ2v) is 6.75. The van der Waals surface area contributed by atoms with E-state index in [1.165, 1.54) is 7.11 Å². The molecule has 1 unspecified atom stereocenters. The fraction of sp³-hybridized carbons (Fsp3) is 0.421. The molecule has 0 aromatic heterocycles. The first kappa shape index (κ1) is 18.6. The van der Waals surface area contributed by atoms with Gasteiger partial charge < -0.3 is 14.2 Å². The number of halogens is 1. The van der Waals surface area contributed by atoms with Gasteiger partial charge in [0.25, 0.3) is 0 Å². The van der Waals surface area contributed by atoms with Gasteiger partial charge in [0.15, 0.2) is 0 Å². The van der Waals surface area contributed by atoms with E-state index in [0.29, 0.717) is 12.8 Å². The van der Waals surface area contributed by atoms with Crippen LogP contribution in [0.25, 0.3) is 0 Å². The maximum Gasteiger partial charge on any atom is 0.316 e. The predicted octanol–water partition coefficient (Wildman–Crippen LogP) is 4.43. The predicted molar refractivity (Wildman–Crippen MR) is 96.9 cm³/mol. The number of rotatable bonds is 6. The van der Waals surface area contributed by atoms with Crippen LogP contribution in [0.5, 0.6) is 5.75 Å². The fourth-order valence-corrected chi connectivity index (χ4v) is 3.49. The summed E-state index contributed by atoms with van der Waals surface area (Å²) in [6, 6.07) is 5.86. The molecule has 0 N–H and O–H groups in total. The van der Waals surface area contributed by atoms with Gasteiger partial charge in [0.2, 0.25) is 0 Å². The lowest BCUT2D eigenvalue weighted by molar-refractivity contribution is -0.151. The molecule has 0 radical (unpaired) electrons. The normalized spacial score (nSPS) is 20.0. The van der Waals surface area contributed by atoms with Crippen LogP contribution < -0.4 is 4.74 Å². The Bertz CT molecular complexity index is 678. The Morgan fingerprint density at radius 3 is 2.58 bits per heavy atom. The van der Waals surface area contributed by atoms with E-state index in [2.05, 4.69) is 15.9 Å². The average molecular weight is 395 g/mol. The van der Waals surface area contributed by atoms with Crippen LogP contribution >= 0.6 is 15.9 Å². The fourth-order valence-electron chi connectivity index (χ4n) is 3.05. The van der Waals surface area contributed by atoms with E-state index in [9.17, 15) is 4.79 Å². The van der Waals surface area contributed by atoms with Gasteiger partial charge in [-0.3, -0.25) is 4.79 Å². The van der Waals surface area contributed by atoms with Gasteiger partial charge in [-0.05, 0) is 49.6 Å². The highest BCUT2D eigenvalue weighted by atomic mass is 79.9. The number of benzene rings is 1. The van der Waals surface area contributed by atoms with Gasteiger partial charge in [0, 0.05) is 10.9 Å². The molecule has 0 saturated carbocycles. The number of allylic oxidation sites excluding steroid dienone is 3. The van der Waals surface area contributed by atoms with Crippen molar-refractivity contribution in [3.8, 4) is 5.75 Å². The third-order valence-electron chi connectivity index (χ3n) is 4.66. The zero-order valence-corrected chi connectivity index (χ0v) is 16.1. The molecule has 1 aromatic carbocycles. The van der Waals surface area contributed by atoms with E-state index in [0.717, 1.165) is 33.5 Å². The van der Waals surface area contributed by atoms with Crippen molar-refractivity contribution in [2.75, 3.05) is 21.3 Å². The molecule has 5 heteroatoms. The summed E-state index contributed by atoms with van der Waals surface area (Å²) >= 11 is 3.57. The quantitative estimate of drug-likeness (QED) is 0.669. The zero-order valence-electron chi connectivity index (χ0n) is 14.5. The van der Waals surface area contributed by atoms with Crippen LogP contribution in [0.3, 0.4) is 0 Å². The second-order valence-electron chi connectivity index (χ2n) is 5.89. The molecule has 0 amide bonds. The van der Waals surface area contributed by atoms with Gasteiger partial charge in [-0.2, -0.15) is 0 Å². The molecule has 130 valence electrons. The average Bonchev–Trinajstić information content (AvgIpc) is 2.61. The van der Waals surface area contributed by atoms with Crippen molar-refractivity contribution in [3.63, 3.8) is 0 Å². The molecule has 1 atom stereocenters. The van der Waals surface area contributed by atoms with E-state index in [4.69, 9.17) is 14.2 Å². The summed E-state index contributed by atoms with van der Waals surface area (Å²) in [6.07, 6.45) is 5.72. The summed E-state index contributed by atoms with van der Waals surface area (Å²) in [6.45, 7) is 1.97. The number of methoxy groups -OCH3 is 3. The van der Waals surface area contributed by atoms with Crippen LogP contribution in [-0.4, -0.2) is 27.3 Å². The Morgan fingerprint density at radius 2 is 1.96 bits per heavy atom. The molecule has 0 heterocycles. The highest BCUT2D eigenvalue weighted by Crippen LogP contribution is 2.43. The zero-order chi connectivity index (χ0) is 17.7. The SMILES string of the molecule is COC(=O)C1(CCc2cc(OC)ccc2Br)CC(OC)=CC=C1C. The maximum atomic E-state index is 12.6. The largest absolute Gasteiger partial charge is 0.501 e. The van der Waals surface area contributed by atoms with Crippen molar-refractivity contribution in [2.45, 2.75) is 26.2 Å². The first-order chi connectivity index (χ1) is 11.5. The van der Waals surface area contributed by atoms with Crippen LogP contribution in [0.15, 0.2) is 46.2 Å². The molecule has 0 bridgehead atoms. The minimum Gasteiger partial charge on any atom is -0.501 e. The molecule has 1 aliphatic carbocycles. The molecule has 1 aromatic rings. The first-order valence-corrected chi connectivity index (χ1v) is 8.59. The molecular formula is C19H23BrO4. The molecule has 0 fully saturated rings. The summed E-state index contributed by atoms with van der Waals surface area (Å²) < 4.78 is 16.8. The summed E-state index contributed by atoms with van der Waals surface area (Å²) in [5.74, 6) is 1.36.